The van der Waals surface area contributed by atoms with Crippen LogP contribution in [0.5, 0.6) is 5.75 Å². The van der Waals surface area contributed by atoms with Crippen LogP contribution in [0.4, 0.5) is 4.39 Å². The van der Waals surface area contributed by atoms with E-state index >= 15 is 0 Å². The molecule has 0 aliphatic carbocycles. The van der Waals surface area contributed by atoms with E-state index in [-0.39, 0.29) is 21.6 Å². The molecule has 5 heteroatoms. The van der Waals surface area contributed by atoms with Gasteiger partial charge in [-0.25, -0.2) is 4.39 Å². The van der Waals surface area contributed by atoms with E-state index in [1.54, 1.807) is 24.3 Å². The topological polar surface area (TPSA) is 26.3 Å². The first kappa shape index (κ1) is 14.0. The Balaban J connectivity index is 2.49. The van der Waals surface area contributed by atoms with Gasteiger partial charge >= 0.3 is 0 Å². The maximum absolute atomic E-state index is 13.4. The Labute approximate surface area is 123 Å². The monoisotopic (exact) mass is 342 g/mol. The van der Waals surface area contributed by atoms with E-state index < -0.39 is 5.82 Å². The van der Waals surface area contributed by atoms with Crippen molar-refractivity contribution in [2.24, 2.45) is 0 Å². The van der Waals surface area contributed by atoms with Gasteiger partial charge in [-0.3, -0.25) is 4.79 Å². The third-order valence-electron chi connectivity index (χ3n) is 2.59. The maximum atomic E-state index is 13.4. The van der Waals surface area contributed by atoms with Crippen molar-refractivity contribution in [1.29, 1.82) is 0 Å². The number of rotatable bonds is 3. The first-order valence-corrected chi connectivity index (χ1v) is 6.53. The third-order valence-corrected chi connectivity index (χ3v) is 3.45. The molecule has 2 nitrogen and oxygen atoms in total. The van der Waals surface area contributed by atoms with Gasteiger partial charge in [-0.2, -0.15) is 0 Å². The molecular formula is C14H9BrClFO2. The lowest BCUT2D eigenvalue weighted by molar-refractivity contribution is 0.103. The minimum atomic E-state index is -0.482. The minimum Gasteiger partial charge on any atom is -0.496 e. The Bertz CT molecular complexity index is 626. The number of methoxy groups -OCH3 is 1. The van der Waals surface area contributed by atoms with Crippen molar-refractivity contribution in [2.45, 2.75) is 0 Å². The number of ether oxygens (including phenoxy) is 1. The highest BCUT2D eigenvalue weighted by Crippen LogP contribution is 2.28. The Hall–Kier alpha value is -1.39. The van der Waals surface area contributed by atoms with Crippen LogP contribution in [-0.4, -0.2) is 12.9 Å². The largest absolute Gasteiger partial charge is 0.496 e. The summed E-state index contributed by atoms with van der Waals surface area (Å²) in [4.78, 5) is 12.3. The molecule has 0 N–H and O–H groups in total. The van der Waals surface area contributed by atoms with Crippen molar-refractivity contribution in [3.8, 4) is 5.75 Å². The molecular weight excluding hydrogens is 335 g/mol. The number of carbonyl (C=O) groups is 1. The van der Waals surface area contributed by atoms with Gasteiger partial charge in [-0.05, 0) is 46.3 Å². The molecule has 0 unspecified atom stereocenters. The molecule has 0 fully saturated rings. The van der Waals surface area contributed by atoms with Crippen LogP contribution in [0.15, 0.2) is 40.9 Å². The standard InChI is InChI=1S/C14H9BrClFO2/c1-19-13-7-12(17)11(15)6-10(13)14(18)8-2-4-9(16)5-3-8/h2-7H,1H3. The number of halogens is 3. The molecule has 2 aromatic rings. The van der Waals surface area contributed by atoms with Gasteiger partial charge in [0.15, 0.2) is 5.78 Å². The zero-order valence-electron chi connectivity index (χ0n) is 9.91. The lowest BCUT2D eigenvalue weighted by Crippen LogP contribution is -2.04. The molecule has 0 saturated carbocycles. The molecule has 0 heterocycles. The van der Waals surface area contributed by atoms with Crippen molar-refractivity contribution in [2.75, 3.05) is 7.11 Å². The van der Waals surface area contributed by atoms with Crippen LogP contribution < -0.4 is 4.74 Å². The Morgan fingerprint density at radius 1 is 1.26 bits per heavy atom. The van der Waals surface area contributed by atoms with Gasteiger partial charge in [0.2, 0.25) is 0 Å². The van der Waals surface area contributed by atoms with E-state index in [2.05, 4.69) is 15.9 Å². The summed E-state index contributed by atoms with van der Waals surface area (Å²) >= 11 is 8.83. The van der Waals surface area contributed by atoms with E-state index in [0.717, 1.165) is 0 Å². The molecule has 0 amide bonds. The fraction of sp³-hybridized carbons (Fsp3) is 0.0714. The molecule has 0 saturated heterocycles. The Morgan fingerprint density at radius 3 is 2.47 bits per heavy atom. The van der Waals surface area contributed by atoms with Gasteiger partial charge in [-0.1, -0.05) is 11.6 Å². The van der Waals surface area contributed by atoms with Crippen molar-refractivity contribution in [1.82, 2.24) is 0 Å². The van der Waals surface area contributed by atoms with Gasteiger partial charge in [0, 0.05) is 16.7 Å². The molecule has 0 aromatic heterocycles. The van der Waals surface area contributed by atoms with E-state index in [0.29, 0.717) is 10.6 Å². The highest BCUT2D eigenvalue weighted by Gasteiger charge is 2.17. The molecule has 0 atom stereocenters. The van der Waals surface area contributed by atoms with Crippen LogP contribution in [-0.2, 0) is 0 Å². The van der Waals surface area contributed by atoms with Crippen molar-refractivity contribution >= 4 is 33.3 Å². The summed E-state index contributed by atoms with van der Waals surface area (Å²) in [7, 11) is 1.39. The molecule has 0 spiro atoms. The second kappa shape index (κ2) is 5.72. The summed E-state index contributed by atoms with van der Waals surface area (Å²) in [6, 6.07) is 9.06. The van der Waals surface area contributed by atoms with Crippen LogP contribution >= 0.6 is 27.5 Å². The number of ketones is 1. The first-order valence-electron chi connectivity index (χ1n) is 5.36. The van der Waals surface area contributed by atoms with Gasteiger partial charge < -0.3 is 4.74 Å². The van der Waals surface area contributed by atoms with Crippen molar-refractivity contribution in [3.63, 3.8) is 0 Å². The van der Waals surface area contributed by atoms with Gasteiger partial charge in [0.05, 0.1) is 17.1 Å². The van der Waals surface area contributed by atoms with E-state index in [1.807, 2.05) is 0 Å². The van der Waals surface area contributed by atoms with Crippen LogP contribution in [0.2, 0.25) is 5.02 Å². The quantitative estimate of drug-likeness (QED) is 0.768. The number of benzene rings is 2. The zero-order valence-corrected chi connectivity index (χ0v) is 12.3. The second-order valence-corrected chi connectivity index (χ2v) is 5.09. The van der Waals surface area contributed by atoms with Crippen LogP contribution in [0.1, 0.15) is 15.9 Å². The molecule has 2 aromatic carbocycles. The Morgan fingerprint density at radius 2 is 1.89 bits per heavy atom. The normalized spacial score (nSPS) is 10.3. The molecule has 0 radical (unpaired) electrons. The predicted molar refractivity (Wildman–Crippen MR) is 75.5 cm³/mol. The highest BCUT2D eigenvalue weighted by molar-refractivity contribution is 9.10. The SMILES string of the molecule is COc1cc(F)c(Br)cc1C(=O)c1ccc(Cl)cc1. The van der Waals surface area contributed by atoms with Crippen LogP contribution in [0.3, 0.4) is 0 Å². The number of hydrogen-bond acceptors (Lipinski definition) is 2. The summed E-state index contributed by atoms with van der Waals surface area (Å²) in [5.41, 5.74) is 0.749. The third kappa shape index (κ3) is 2.96. The molecule has 0 bridgehead atoms. The fourth-order valence-corrected chi connectivity index (χ4v) is 2.10. The molecule has 2 rings (SSSR count). The second-order valence-electron chi connectivity index (χ2n) is 3.80. The smallest absolute Gasteiger partial charge is 0.196 e. The van der Waals surface area contributed by atoms with Gasteiger partial charge in [0.1, 0.15) is 11.6 Å². The highest BCUT2D eigenvalue weighted by atomic mass is 79.9. The lowest BCUT2D eigenvalue weighted by atomic mass is 10.0. The van der Waals surface area contributed by atoms with E-state index in [4.69, 9.17) is 16.3 Å². The molecule has 0 aliphatic rings. The number of hydrogen-bond donors (Lipinski definition) is 0. The van der Waals surface area contributed by atoms with Gasteiger partial charge in [0.25, 0.3) is 0 Å². The lowest BCUT2D eigenvalue weighted by Gasteiger charge is -2.09. The fourth-order valence-electron chi connectivity index (χ4n) is 1.63. The maximum Gasteiger partial charge on any atom is 0.196 e. The Kier molecular flexibility index (Phi) is 4.22. The summed E-state index contributed by atoms with van der Waals surface area (Å²) in [6.07, 6.45) is 0. The van der Waals surface area contributed by atoms with Crippen LogP contribution in [0.25, 0.3) is 0 Å². The number of carbonyl (C=O) groups excluding carboxylic acids is 1. The summed E-state index contributed by atoms with van der Waals surface area (Å²) in [6.45, 7) is 0. The van der Waals surface area contributed by atoms with Crippen LogP contribution in [0, 0.1) is 5.82 Å². The predicted octanol–water partition coefficient (Wildman–Crippen LogP) is 4.48. The van der Waals surface area contributed by atoms with E-state index in [1.165, 1.54) is 19.2 Å². The van der Waals surface area contributed by atoms with Gasteiger partial charge in [-0.15, -0.1) is 0 Å². The molecule has 98 valence electrons. The van der Waals surface area contributed by atoms with Crippen molar-refractivity contribution < 1.29 is 13.9 Å². The molecule has 0 aliphatic heterocycles. The first-order chi connectivity index (χ1) is 9.02. The average Bonchev–Trinajstić information content (AvgIpc) is 2.41. The molecule has 19 heavy (non-hydrogen) atoms. The summed E-state index contributed by atoms with van der Waals surface area (Å²) in [5, 5.41) is 0.545. The summed E-state index contributed by atoms with van der Waals surface area (Å²) in [5.74, 6) is -0.542. The zero-order chi connectivity index (χ0) is 14.0. The van der Waals surface area contributed by atoms with E-state index in [9.17, 15) is 9.18 Å². The average molecular weight is 344 g/mol. The summed E-state index contributed by atoms with van der Waals surface area (Å²) < 4.78 is 18.7. The van der Waals surface area contributed by atoms with Crippen molar-refractivity contribution in [3.05, 3.63) is 62.8 Å². The minimum absolute atomic E-state index is 0.195.